The highest BCUT2D eigenvalue weighted by Crippen LogP contribution is 2.42. The van der Waals surface area contributed by atoms with E-state index in [1.54, 1.807) is 0 Å². The third-order valence-corrected chi connectivity index (χ3v) is 4.85. The van der Waals surface area contributed by atoms with Crippen molar-refractivity contribution >= 4 is 5.97 Å². The molecule has 1 N–H and O–H groups in total. The molecule has 1 heterocycles. The van der Waals surface area contributed by atoms with Crippen LogP contribution >= 0.6 is 0 Å². The molecule has 3 heteroatoms. The van der Waals surface area contributed by atoms with Gasteiger partial charge in [0.25, 0.3) is 0 Å². The number of para-hydroxylation sites is 1. The highest BCUT2D eigenvalue weighted by Gasteiger charge is 2.42. The molecule has 3 rings (SSSR count). The molecule has 0 radical (unpaired) electrons. The first-order chi connectivity index (χ1) is 9.70. The van der Waals surface area contributed by atoms with Gasteiger partial charge in [-0.05, 0) is 24.5 Å². The standard InChI is InChI=1S/C17H22O3/c18-16(19)17(9-5-1-2-6-10-17)12-14-11-13-7-3-4-8-15(13)20-14/h3-4,7-8,14H,1-2,5-6,9-12H2,(H,18,19). The zero-order valence-corrected chi connectivity index (χ0v) is 11.8. The number of rotatable bonds is 3. The molecule has 0 bridgehead atoms. The van der Waals surface area contributed by atoms with Crippen molar-refractivity contribution in [3.05, 3.63) is 29.8 Å². The predicted molar refractivity (Wildman–Crippen MR) is 76.9 cm³/mol. The minimum Gasteiger partial charge on any atom is -0.490 e. The quantitative estimate of drug-likeness (QED) is 0.853. The molecular formula is C17H22O3. The number of carboxylic acid groups (broad SMARTS) is 1. The molecule has 0 aromatic heterocycles. The molecule has 0 spiro atoms. The highest BCUT2D eigenvalue weighted by molar-refractivity contribution is 5.74. The number of ether oxygens (including phenoxy) is 1. The summed E-state index contributed by atoms with van der Waals surface area (Å²) in [6.45, 7) is 0. The monoisotopic (exact) mass is 274 g/mol. The maximum Gasteiger partial charge on any atom is 0.309 e. The molecule has 0 amide bonds. The predicted octanol–water partition coefficient (Wildman–Crippen LogP) is 3.81. The van der Waals surface area contributed by atoms with Gasteiger partial charge in [0, 0.05) is 12.8 Å². The van der Waals surface area contributed by atoms with Gasteiger partial charge >= 0.3 is 5.97 Å². The third-order valence-electron chi connectivity index (χ3n) is 4.85. The van der Waals surface area contributed by atoms with Crippen LogP contribution < -0.4 is 4.74 Å². The van der Waals surface area contributed by atoms with Crippen LogP contribution in [-0.2, 0) is 11.2 Å². The van der Waals surface area contributed by atoms with Gasteiger partial charge in [0.2, 0.25) is 0 Å². The molecule has 1 aromatic carbocycles. The fraction of sp³-hybridized carbons (Fsp3) is 0.588. The fourth-order valence-electron chi connectivity index (χ4n) is 3.71. The summed E-state index contributed by atoms with van der Waals surface area (Å²) in [5.74, 6) is 0.311. The first-order valence-electron chi connectivity index (χ1n) is 7.68. The Labute approximate surface area is 120 Å². The van der Waals surface area contributed by atoms with Gasteiger partial charge in [-0.3, -0.25) is 4.79 Å². The van der Waals surface area contributed by atoms with Gasteiger partial charge in [-0.25, -0.2) is 0 Å². The van der Waals surface area contributed by atoms with E-state index in [1.807, 2.05) is 18.2 Å². The Morgan fingerprint density at radius 1 is 1.20 bits per heavy atom. The molecule has 1 unspecified atom stereocenters. The Morgan fingerprint density at radius 3 is 2.55 bits per heavy atom. The second-order valence-electron chi connectivity index (χ2n) is 6.26. The van der Waals surface area contributed by atoms with Crippen molar-refractivity contribution in [1.29, 1.82) is 0 Å². The van der Waals surface area contributed by atoms with Crippen LogP contribution in [0.15, 0.2) is 24.3 Å². The van der Waals surface area contributed by atoms with Crippen molar-refractivity contribution in [3.8, 4) is 5.75 Å². The van der Waals surface area contributed by atoms with Gasteiger partial charge in [-0.15, -0.1) is 0 Å². The zero-order valence-electron chi connectivity index (χ0n) is 11.8. The number of fused-ring (bicyclic) bond motifs is 1. The molecule has 108 valence electrons. The summed E-state index contributed by atoms with van der Waals surface area (Å²) in [6.07, 6.45) is 7.54. The summed E-state index contributed by atoms with van der Waals surface area (Å²) in [7, 11) is 0. The van der Waals surface area contributed by atoms with E-state index in [-0.39, 0.29) is 6.10 Å². The number of carbonyl (C=O) groups is 1. The van der Waals surface area contributed by atoms with E-state index in [9.17, 15) is 9.90 Å². The van der Waals surface area contributed by atoms with Crippen LogP contribution in [0.3, 0.4) is 0 Å². The van der Waals surface area contributed by atoms with E-state index in [1.165, 1.54) is 18.4 Å². The Bertz CT molecular complexity index is 462. The molecule has 3 nitrogen and oxygen atoms in total. The second-order valence-corrected chi connectivity index (χ2v) is 6.26. The van der Waals surface area contributed by atoms with Crippen LogP contribution in [0.4, 0.5) is 0 Å². The molecule has 1 saturated carbocycles. The average molecular weight is 274 g/mol. The molecule has 2 aliphatic rings. The lowest BCUT2D eigenvalue weighted by Crippen LogP contribution is -2.36. The van der Waals surface area contributed by atoms with Crippen molar-refractivity contribution < 1.29 is 14.6 Å². The molecule has 1 aromatic rings. The summed E-state index contributed by atoms with van der Waals surface area (Å²) in [5.41, 5.74) is 0.648. The summed E-state index contributed by atoms with van der Waals surface area (Å²) < 4.78 is 5.96. The lowest BCUT2D eigenvalue weighted by Gasteiger charge is -2.30. The van der Waals surface area contributed by atoms with Crippen molar-refractivity contribution in [3.63, 3.8) is 0 Å². The van der Waals surface area contributed by atoms with Gasteiger partial charge < -0.3 is 9.84 Å². The van der Waals surface area contributed by atoms with E-state index in [0.717, 1.165) is 37.9 Å². The van der Waals surface area contributed by atoms with Crippen molar-refractivity contribution in [2.24, 2.45) is 5.41 Å². The molecular weight excluding hydrogens is 252 g/mol. The molecule has 1 aliphatic heterocycles. The minimum atomic E-state index is -0.626. The highest BCUT2D eigenvalue weighted by atomic mass is 16.5. The van der Waals surface area contributed by atoms with Crippen LogP contribution in [0.25, 0.3) is 0 Å². The molecule has 0 saturated heterocycles. The number of benzene rings is 1. The van der Waals surface area contributed by atoms with Crippen LogP contribution in [0.5, 0.6) is 5.75 Å². The first-order valence-corrected chi connectivity index (χ1v) is 7.68. The number of aliphatic carboxylic acids is 1. The lowest BCUT2D eigenvalue weighted by molar-refractivity contribution is -0.151. The van der Waals surface area contributed by atoms with Crippen LogP contribution in [-0.4, -0.2) is 17.2 Å². The van der Waals surface area contributed by atoms with E-state index < -0.39 is 11.4 Å². The Hall–Kier alpha value is -1.51. The van der Waals surface area contributed by atoms with E-state index in [4.69, 9.17) is 4.74 Å². The van der Waals surface area contributed by atoms with Gasteiger partial charge in [0.05, 0.1) is 5.41 Å². The Kier molecular flexibility index (Phi) is 3.68. The van der Waals surface area contributed by atoms with Crippen LogP contribution in [0, 0.1) is 5.41 Å². The molecule has 1 fully saturated rings. The summed E-state index contributed by atoms with van der Waals surface area (Å²) >= 11 is 0. The van der Waals surface area contributed by atoms with Crippen molar-refractivity contribution in [2.75, 3.05) is 0 Å². The molecule has 1 atom stereocenters. The summed E-state index contributed by atoms with van der Waals surface area (Å²) in [6, 6.07) is 8.05. The van der Waals surface area contributed by atoms with Crippen LogP contribution in [0.1, 0.15) is 50.5 Å². The smallest absolute Gasteiger partial charge is 0.309 e. The SMILES string of the molecule is O=C(O)C1(CC2Cc3ccccc3O2)CCCCCC1. The Morgan fingerprint density at radius 2 is 1.90 bits per heavy atom. The molecule has 20 heavy (non-hydrogen) atoms. The first kappa shape index (κ1) is 13.5. The van der Waals surface area contributed by atoms with E-state index >= 15 is 0 Å². The number of hydrogen-bond donors (Lipinski definition) is 1. The van der Waals surface area contributed by atoms with Crippen molar-refractivity contribution in [1.82, 2.24) is 0 Å². The summed E-state index contributed by atoms with van der Waals surface area (Å²) in [5, 5.41) is 9.74. The largest absolute Gasteiger partial charge is 0.490 e. The average Bonchev–Trinajstić information content (AvgIpc) is 2.67. The van der Waals surface area contributed by atoms with E-state index in [0.29, 0.717) is 6.42 Å². The minimum absolute atomic E-state index is 0.0293. The second kappa shape index (κ2) is 5.47. The van der Waals surface area contributed by atoms with Crippen molar-refractivity contribution in [2.45, 2.75) is 57.5 Å². The van der Waals surface area contributed by atoms with Gasteiger partial charge in [0.1, 0.15) is 11.9 Å². The van der Waals surface area contributed by atoms with E-state index in [2.05, 4.69) is 6.07 Å². The third kappa shape index (κ3) is 2.54. The number of hydrogen-bond acceptors (Lipinski definition) is 2. The summed E-state index contributed by atoms with van der Waals surface area (Å²) in [4.78, 5) is 11.8. The van der Waals surface area contributed by atoms with Gasteiger partial charge in [0.15, 0.2) is 0 Å². The molecule has 1 aliphatic carbocycles. The normalized spacial score (nSPS) is 24.5. The van der Waals surface area contributed by atoms with Crippen LogP contribution in [0.2, 0.25) is 0 Å². The van der Waals surface area contributed by atoms with Gasteiger partial charge in [-0.2, -0.15) is 0 Å². The topological polar surface area (TPSA) is 46.5 Å². The maximum atomic E-state index is 11.8. The number of carboxylic acids is 1. The fourth-order valence-corrected chi connectivity index (χ4v) is 3.71. The Balaban J connectivity index is 1.74. The lowest BCUT2D eigenvalue weighted by atomic mass is 9.75. The maximum absolute atomic E-state index is 11.8. The zero-order chi connectivity index (χ0) is 14.0. The van der Waals surface area contributed by atoms with Gasteiger partial charge in [-0.1, -0.05) is 43.9 Å².